The summed E-state index contributed by atoms with van der Waals surface area (Å²) in [7, 11) is 3.97. The Morgan fingerprint density at radius 2 is 1.83 bits per heavy atom. The second-order valence-corrected chi connectivity index (χ2v) is 12.5. The molecule has 7 rings (SSSR count). The van der Waals surface area contributed by atoms with E-state index >= 15 is 0 Å². The topological polar surface area (TPSA) is 88.1 Å². The van der Waals surface area contributed by atoms with Crippen molar-refractivity contribution in [3.63, 3.8) is 0 Å². The summed E-state index contributed by atoms with van der Waals surface area (Å²) in [5.74, 6) is 0.145. The molecule has 4 heterocycles. The Morgan fingerprint density at radius 3 is 2.52 bits per heavy atom. The minimum absolute atomic E-state index is 0.0622. The third-order valence-electron chi connectivity index (χ3n) is 8.28. The average molecular weight is 577 g/mol. The number of hydrogen-bond donors (Lipinski definition) is 2. The third-order valence-corrected chi connectivity index (χ3v) is 9.10. The van der Waals surface area contributed by atoms with Crippen molar-refractivity contribution >= 4 is 45.2 Å². The van der Waals surface area contributed by atoms with Gasteiger partial charge in [0, 0.05) is 77.9 Å². The molecule has 2 aliphatic rings. The van der Waals surface area contributed by atoms with Crippen molar-refractivity contribution < 1.29 is 9.90 Å². The minimum atomic E-state index is 0.0622. The molecule has 2 aromatic heterocycles. The molecule has 2 N–H and O–H groups in total. The van der Waals surface area contributed by atoms with Crippen molar-refractivity contribution in [2.45, 2.75) is 0 Å². The van der Waals surface area contributed by atoms with E-state index in [1.54, 1.807) is 22.4 Å². The number of thiazole rings is 1. The number of aromatic amines is 1. The fourth-order valence-electron chi connectivity index (χ4n) is 6.42. The van der Waals surface area contributed by atoms with Crippen LogP contribution in [0.15, 0.2) is 89.4 Å². The monoisotopic (exact) mass is 576 g/mol. The Morgan fingerprint density at radius 1 is 1.07 bits per heavy atom. The molecule has 0 saturated carbocycles. The van der Waals surface area contributed by atoms with E-state index in [2.05, 4.69) is 26.8 Å². The van der Waals surface area contributed by atoms with Crippen LogP contribution in [0.5, 0.6) is 5.88 Å². The number of carbonyl (C=O) groups is 1. The van der Waals surface area contributed by atoms with Gasteiger partial charge in [-0.3, -0.25) is 9.69 Å². The highest BCUT2D eigenvalue weighted by Crippen LogP contribution is 2.38. The van der Waals surface area contributed by atoms with Gasteiger partial charge in [-0.15, -0.1) is 11.3 Å². The van der Waals surface area contributed by atoms with Crippen LogP contribution in [0.25, 0.3) is 21.5 Å². The van der Waals surface area contributed by atoms with Crippen molar-refractivity contribution in [1.29, 1.82) is 0 Å². The van der Waals surface area contributed by atoms with Crippen molar-refractivity contribution in [3.05, 3.63) is 95.5 Å². The van der Waals surface area contributed by atoms with Gasteiger partial charge in [0.2, 0.25) is 5.91 Å². The Hall–Kier alpha value is -4.31. The molecule has 0 radical (unpaired) electrons. The molecule has 0 atom stereocenters. The second kappa shape index (κ2) is 10.5. The van der Waals surface area contributed by atoms with Gasteiger partial charge in [0.1, 0.15) is 5.01 Å². The lowest BCUT2D eigenvalue weighted by Crippen LogP contribution is -2.71. The maximum Gasteiger partial charge on any atom is 0.240 e. The Balaban J connectivity index is 1.15. The van der Waals surface area contributed by atoms with E-state index < -0.39 is 0 Å². The summed E-state index contributed by atoms with van der Waals surface area (Å²) in [5, 5.41) is 14.9. The predicted octanol–water partition coefficient (Wildman–Crippen LogP) is 5.38. The number of amides is 1. The van der Waals surface area contributed by atoms with Gasteiger partial charge in [-0.2, -0.15) is 0 Å². The molecule has 42 heavy (non-hydrogen) atoms. The molecule has 2 fully saturated rings. The summed E-state index contributed by atoms with van der Waals surface area (Å²) in [6.45, 7) is 4.69. The number of nitrogens with one attached hydrogen (secondary N) is 1. The summed E-state index contributed by atoms with van der Waals surface area (Å²) in [4.78, 5) is 31.9. The quantitative estimate of drug-likeness (QED) is 0.254. The molecular weight excluding hydrogens is 544 g/mol. The molecule has 8 nitrogen and oxygen atoms in total. The molecular formula is C33H32N6O2S. The highest BCUT2D eigenvalue weighted by atomic mass is 32.1. The Kier molecular flexibility index (Phi) is 6.65. The summed E-state index contributed by atoms with van der Waals surface area (Å²) in [6.07, 6.45) is 1.79. The van der Waals surface area contributed by atoms with Crippen LogP contribution >= 0.6 is 11.3 Å². The zero-order chi connectivity index (χ0) is 28.8. The largest absolute Gasteiger partial charge is 0.494 e. The number of fused-ring (bicyclic) bond motifs is 1. The van der Waals surface area contributed by atoms with E-state index in [9.17, 15) is 9.90 Å². The Labute approximate surface area is 248 Å². The summed E-state index contributed by atoms with van der Waals surface area (Å²) < 4.78 is 0. The number of nitrogens with zero attached hydrogens (tertiary/aromatic N) is 5. The van der Waals surface area contributed by atoms with Crippen molar-refractivity contribution in [1.82, 2.24) is 19.8 Å². The second-order valence-electron chi connectivity index (χ2n) is 11.6. The van der Waals surface area contributed by atoms with Gasteiger partial charge >= 0.3 is 0 Å². The number of anilines is 1. The lowest BCUT2D eigenvalue weighted by molar-refractivity contribution is -0.131. The minimum Gasteiger partial charge on any atom is -0.494 e. The van der Waals surface area contributed by atoms with E-state index in [-0.39, 0.29) is 11.8 Å². The van der Waals surface area contributed by atoms with Gasteiger partial charge < -0.3 is 19.9 Å². The van der Waals surface area contributed by atoms with E-state index in [0.29, 0.717) is 23.2 Å². The van der Waals surface area contributed by atoms with Crippen molar-refractivity contribution in [2.75, 3.05) is 51.7 Å². The number of carbonyl (C=O) groups excluding carboxylic acids is 1. The summed E-state index contributed by atoms with van der Waals surface area (Å²) in [6, 6.07) is 23.6. The third kappa shape index (κ3) is 4.89. The zero-order valence-corrected chi connectivity index (χ0v) is 24.4. The molecule has 9 heteroatoms. The lowest BCUT2D eigenvalue weighted by atomic mass is 9.73. The molecule has 212 valence electrons. The Bertz CT molecular complexity index is 1760. The number of benzene rings is 3. The number of rotatable bonds is 7. The standard InChI is InChI=1S/C33H32N6O2S/c1-37-18-33(19-37)20-39(21-33)17-28(40)38(2)25-11-9-24(10-12-25)35-30(22-6-4-3-5-7-22)29-26-13-8-23(32-34-14-15-42-32)16-27(26)36-31(29)41/h3-16,36,41H,17-21H2,1-2H3. The number of aliphatic imine (C=N–C) groups is 1. The van der Waals surface area contributed by atoms with Crippen molar-refractivity contribution in [2.24, 2.45) is 10.4 Å². The van der Waals surface area contributed by atoms with Gasteiger partial charge in [-0.25, -0.2) is 9.98 Å². The molecule has 1 amide bonds. The summed E-state index contributed by atoms with van der Waals surface area (Å²) >= 11 is 1.58. The van der Waals surface area contributed by atoms with Gasteiger partial charge in [-0.1, -0.05) is 42.5 Å². The predicted molar refractivity (Wildman–Crippen MR) is 169 cm³/mol. The lowest BCUT2D eigenvalue weighted by Gasteiger charge is -2.59. The maximum absolute atomic E-state index is 13.0. The first-order chi connectivity index (χ1) is 20.4. The number of hydrogen-bond acceptors (Lipinski definition) is 7. The van der Waals surface area contributed by atoms with Crippen molar-refractivity contribution in [3.8, 4) is 16.5 Å². The van der Waals surface area contributed by atoms with Crippen LogP contribution in [0, 0.1) is 5.41 Å². The van der Waals surface area contributed by atoms with Crippen LogP contribution in [0.3, 0.4) is 0 Å². The van der Waals surface area contributed by atoms with Crippen LogP contribution in [-0.2, 0) is 4.79 Å². The van der Waals surface area contributed by atoms with Gasteiger partial charge in [-0.05, 0) is 37.4 Å². The summed E-state index contributed by atoms with van der Waals surface area (Å²) in [5.41, 5.74) is 5.95. The molecule has 5 aromatic rings. The van der Waals surface area contributed by atoms with Crippen LogP contribution in [0.1, 0.15) is 11.1 Å². The molecule has 1 spiro atoms. The number of likely N-dealkylation sites (tertiary alicyclic amines) is 2. The number of H-pyrrole nitrogens is 1. The van der Waals surface area contributed by atoms with Crippen LogP contribution < -0.4 is 4.90 Å². The molecule has 0 aliphatic carbocycles. The van der Waals surface area contributed by atoms with E-state index in [1.165, 1.54) is 0 Å². The molecule has 0 bridgehead atoms. The van der Waals surface area contributed by atoms with Crippen LogP contribution in [0.4, 0.5) is 11.4 Å². The van der Waals surface area contributed by atoms with Gasteiger partial charge in [0.25, 0.3) is 0 Å². The van der Waals surface area contributed by atoms with E-state index in [4.69, 9.17) is 4.99 Å². The van der Waals surface area contributed by atoms with Crippen LogP contribution in [-0.4, -0.2) is 83.3 Å². The fraction of sp³-hybridized carbons (Fsp3) is 0.242. The first kappa shape index (κ1) is 26.6. The smallest absolute Gasteiger partial charge is 0.240 e. The maximum atomic E-state index is 13.0. The highest BCUT2D eigenvalue weighted by molar-refractivity contribution is 7.13. The number of aromatic hydroxyl groups is 1. The van der Waals surface area contributed by atoms with E-state index in [1.807, 2.05) is 85.2 Å². The fourth-order valence-corrected chi connectivity index (χ4v) is 7.05. The molecule has 2 aliphatic heterocycles. The highest BCUT2D eigenvalue weighted by Gasteiger charge is 2.50. The molecule has 3 aromatic carbocycles. The molecule has 0 unspecified atom stereocenters. The first-order valence-corrected chi connectivity index (χ1v) is 14.9. The normalized spacial score (nSPS) is 16.9. The molecule has 2 saturated heterocycles. The first-order valence-electron chi connectivity index (χ1n) is 14.0. The number of likely N-dealkylation sites (N-methyl/N-ethyl adjacent to an activating group) is 1. The number of aromatic nitrogens is 2. The van der Waals surface area contributed by atoms with Gasteiger partial charge in [0.05, 0.1) is 23.5 Å². The van der Waals surface area contributed by atoms with Gasteiger partial charge in [0.15, 0.2) is 5.88 Å². The van der Waals surface area contributed by atoms with E-state index in [0.717, 1.165) is 64.6 Å². The SMILES string of the molecule is CN1CC2(C1)CN(CC(=O)N(C)c1ccc(N=C(c3ccccc3)c3c(O)[nH]c4cc(-c5nccs5)ccc34)cc1)C2. The van der Waals surface area contributed by atoms with Crippen LogP contribution in [0.2, 0.25) is 0 Å². The zero-order valence-electron chi connectivity index (χ0n) is 23.6. The average Bonchev–Trinajstić information content (AvgIpc) is 3.62.